The van der Waals surface area contributed by atoms with Crippen molar-refractivity contribution < 1.29 is 0 Å². The van der Waals surface area contributed by atoms with E-state index in [0.29, 0.717) is 57.3 Å². The first-order valence-electron chi connectivity index (χ1n) is 19.1. The number of aryl methyl sites for hydroxylation is 6. The molecule has 0 aliphatic carbocycles. The van der Waals surface area contributed by atoms with Crippen molar-refractivity contribution in [2.24, 2.45) is 0 Å². The highest BCUT2D eigenvalue weighted by Crippen LogP contribution is 2.42. The van der Waals surface area contributed by atoms with E-state index in [-0.39, 0.29) is 0 Å². The van der Waals surface area contributed by atoms with Gasteiger partial charge in [-0.3, -0.25) is 13.8 Å². The van der Waals surface area contributed by atoms with Crippen LogP contribution in [0.3, 0.4) is 0 Å². The molecule has 0 radical (unpaired) electrons. The number of fused-ring (bicyclic) bond motifs is 7. The number of rotatable bonds is 4. The second kappa shape index (κ2) is 12.5. The van der Waals surface area contributed by atoms with Gasteiger partial charge in [0.25, 0.3) is 0 Å². The van der Waals surface area contributed by atoms with Gasteiger partial charge in [0.05, 0.1) is 22.9 Å². The summed E-state index contributed by atoms with van der Waals surface area (Å²) in [6.07, 6.45) is 5.33. The number of aromatic nitrogens is 12. The molecule has 7 aromatic heterocycles. The summed E-state index contributed by atoms with van der Waals surface area (Å²) < 4.78 is 4.37. The first-order chi connectivity index (χ1) is 28.2. The molecule has 0 fully saturated rings. The molecule has 7 heterocycles. The highest BCUT2D eigenvalue weighted by molar-refractivity contribution is 6.25. The molecule has 0 amide bonds. The first kappa shape index (κ1) is 33.7. The predicted octanol–water partition coefficient (Wildman–Crippen LogP) is 7.91. The Kier molecular flexibility index (Phi) is 7.24. The second-order valence-electron chi connectivity index (χ2n) is 14.8. The van der Waals surface area contributed by atoms with Crippen molar-refractivity contribution in [2.75, 3.05) is 0 Å². The van der Waals surface area contributed by atoms with E-state index in [1.165, 1.54) is 5.56 Å². The molecule has 4 aromatic carbocycles. The minimum atomic E-state index is 0.403. The fourth-order valence-electron chi connectivity index (χ4n) is 8.53. The Morgan fingerprint density at radius 2 is 1.07 bits per heavy atom. The zero-order chi connectivity index (χ0) is 39.4. The lowest BCUT2D eigenvalue weighted by Gasteiger charge is -2.11. The normalized spacial score (nSPS) is 12.0. The molecular weight excluding hydrogens is 721 g/mol. The molecule has 0 atom stereocenters. The third kappa shape index (κ3) is 4.94. The van der Waals surface area contributed by atoms with Gasteiger partial charge in [0.1, 0.15) is 45.4 Å². The molecule has 0 N–H and O–H groups in total. The Hall–Kier alpha value is -7.60. The summed E-state index contributed by atoms with van der Waals surface area (Å²) in [6.45, 7) is 11.7. The Labute approximate surface area is 331 Å². The van der Waals surface area contributed by atoms with Crippen LogP contribution in [0, 0.1) is 41.5 Å². The van der Waals surface area contributed by atoms with Gasteiger partial charge in [-0.05, 0) is 58.2 Å². The standard InChI is InChI=1S/C46H34N12/c1-23-12-15-30(16-13-23)34-22-49-45-39(56-34)36-31(29-10-8-7-9-11-29)18-19-33-32-17-14-24(2)35-38-44(48-21-20-47-38)57(40(32)35)46(58(45)41(33)36)37(42-52-25(3)50-26(4)53-42)43-54-27(5)51-28(6)55-43/h7-22H,1-6H3. The largest absolute Gasteiger partial charge is 0.276 e. The maximum atomic E-state index is 5.50. The number of hydrogen-bond donors (Lipinski definition) is 0. The van der Waals surface area contributed by atoms with Crippen LogP contribution in [0.25, 0.3) is 82.9 Å². The van der Waals surface area contributed by atoms with Gasteiger partial charge >= 0.3 is 0 Å². The molecule has 0 aliphatic heterocycles. The minimum Gasteiger partial charge on any atom is -0.276 e. The summed E-state index contributed by atoms with van der Waals surface area (Å²) in [5.41, 5.74) is 11.9. The van der Waals surface area contributed by atoms with Gasteiger partial charge in [0, 0.05) is 39.5 Å². The molecule has 11 aromatic rings. The Morgan fingerprint density at radius 3 is 1.72 bits per heavy atom. The SMILES string of the molecule is Cc1ccc(-c2cnc3c(n2)c2c(-c4ccccc4)ccc4c5ccc(C)c6c7nccnc7n(c(=C(c7nc(C)nc(C)n7)c7nc(C)nc(C)n7)n3c42)c56)cc1. The van der Waals surface area contributed by atoms with Crippen LogP contribution in [0.4, 0.5) is 0 Å². The predicted molar refractivity (Wildman–Crippen MR) is 225 cm³/mol. The van der Waals surface area contributed by atoms with E-state index in [1.54, 1.807) is 12.4 Å². The van der Waals surface area contributed by atoms with Crippen molar-refractivity contribution in [2.45, 2.75) is 41.5 Å². The fraction of sp³-hybridized carbons (Fsp3) is 0.130. The number of hydrogen-bond acceptors (Lipinski definition) is 10. The van der Waals surface area contributed by atoms with E-state index >= 15 is 0 Å². The van der Waals surface area contributed by atoms with Crippen molar-refractivity contribution in [3.05, 3.63) is 149 Å². The van der Waals surface area contributed by atoms with Crippen LogP contribution in [0.15, 0.2) is 97.5 Å². The molecule has 0 aliphatic rings. The van der Waals surface area contributed by atoms with E-state index in [1.807, 2.05) is 40.0 Å². The third-order valence-electron chi connectivity index (χ3n) is 10.9. The van der Waals surface area contributed by atoms with Crippen molar-refractivity contribution in [3.63, 3.8) is 0 Å². The average Bonchev–Trinajstić information content (AvgIpc) is 3.70. The lowest BCUT2D eigenvalue weighted by molar-refractivity contribution is 0.864. The van der Waals surface area contributed by atoms with Gasteiger partial charge in [-0.15, -0.1) is 0 Å². The van der Waals surface area contributed by atoms with Gasteiger partial charge in [0.15, 0.2) is 22.9 Å². The molecule has 0 unspecified atom stereocenters. The van der Waals surface area contributed by atoms with Crippen LogP contribution < -0.4 is 5.48 Å². The van der Waals surface area contributed by atoms with Crippen LogP contribution in [0.2, 0.25) is 0 Å². The minimum absolute atomic E-state index is 0.403. The molecule has 0 bridgehead atoms. The van der Waals surface area contributed by atoms with Crippen LogP contribution in [0.1, 0.15) is 46.1 Å². The third-order valence-corrected chi connectivity index (χ3v) is 10.9. The summed E-state index contributed by atoms with van der Waals surface area (Å²) in [7, 11) is 0. The van der Waals surface area contributed by atoms with Gasteiger partial charge < -0.3 is 0 Å². The summed E-state index contributed by atoms with van der Waals surface area (Å²) in [6, 6.07) is 27.6. The summed E-state index contributed by atoms with van der Waals surface area (Å²) in [5.74, 6) is 3.05. The summed E-state index contributed by atoms with van der Waals surface area (Å²) >= 11 is 0. The molecule has 278 valence electrons. The van der Waals surface area contributed by atoms with Gasteiger partial charge in [-0.1, -0.05) is 84.4 Å². The van der Waals surface area contributed by atoms with E-state index in [0.717, 1.165) is 71.6 Å². The second-order valence-corrected chi connectivity index (χ2v) is 14.8. The molecule has 0 spiro atoms. The topological polar surface area (TPSA) is 138 Å². The van der Waals surface area contributed by atoms with E-state index < -0.39 is 0 Å². The lowest BCUT2D eigenvalue weighted by atomic mass is 9.97. The van der Waals surface area contributed by atoms with Crippen LogP contribution in [-0.2, 0) is 0 Å². The van der Waals surface area contributed by atoms with E-state index in [9.17, 15) is 0 Å². The summed E-state index contributed by atoms with van der Waals surface area (Å²) in [5, 5.41) is 3.96. The maximum Gasteiger partial charge on any atom is 0.170 e. The smallest absolute Gasteiger partial charge is 0.170 e. The Morgan fingerprint density at radius 1 is 0.483 bits per heavy atom. The zero-order valence-electron chi connectivity index (χ0n) is 32.6. The lowest BCUT2D eigenvalue weighted by Crippen LogP contribution is -2.27. The Balaban J connectivity index is 1.53. The van der Waals surface area contributed by atoms with Crippen LogP contribution in [-0.4, -0.2) is 58.6 Å². The molecule has 11 rings (SSSR count). The van der Waals surface area contributed by atoms with Gasteiger partial charge in [0.2, 0.25) is 0 Å². The molecular formula is C46H34N12. The number of benzene rings is 4. The summed E-state index contributed by atoms with van der Waals surface area (Å²) in [4.78, 5) is 50.1. The molecule has 0 saturated heterocycles. The van der Waals surface area contributed by atoms with E-state index in [4.69, 9.17) is 39.9 Å². The van der Waals surface area contributed by atoms with Crippen molar-refractivity contribution in [3.8, 4) is 22.4 Å². The first-order valence-corrected chi connectivity index (χ1v) is 19.1. The van der Waals surface area contributed by atoms with Crippen LogP contribution in [0.5, 0.6) is 0 Å². The molecule has 0 saturated carbocycles. The highest BCUT2D eigenvalue weighted by atomic mass is 15.1. The Bertz CT molecular complexity index is 3480. The highest BCUT2D eigenvalue weighted by Gasteiger charge is 2.28. The monoisotopic (exact) mass is 754 g/mol. The fourth-order valence-corrected chi connectivity index (χ4v) is 8.53. The van der Waals surface area contributed by atoms with Crippen molar-refractivity contribution in [1.82, 2.24) is 58.6 Å². The van der Waals surface area contributed by atoms with Crippen molar-refractivity contribution in [1.29, 1.82) is 0 Å². The number of nitrogens with zero attached hydrogens (tertiary/aromatic N) is 12. The molecule has 58 heavy (non-hydrogen) atoms. The molecule has 12 nitrogen and oxygen atoms in total. The van der Waals surface area contributed by atoms with E-state index in [2.05, 4.69) is 105 Å². The van der Waals surface area contributed by atoms with Gasteiger partial charge in [-0.2, -0.15) is 0 Å². The van der Waals surface area contributed by atoms with Crippen LogP contribution >= 0.6 is 0 Å². The average molecular weight is 755 g/mol. The maximum absolute atomic E-state index is 5.50. The quantitative estimate of drug-likeness (QED) is 0.174. The molecule has 12 heteroatoms. The van der Waals surface area contributed by atoms with Gasteiger partial charge in [-0.25, -0.2) is 44.9 Å². The van der Waals surface area contributed by atoms with Crippen molar-refractivity contribution >= 4 is 60.5 Å². The zero-order valence-corrected chi connectivity index (χ0v) is 32.6.